The van der Waals surface area contributed by atoms with Gasteiger partial charge in [0.2, 0.25) is 0 Å². The molecule has 0 bridgehead atoms. The summed E-state index contributed by atoms with van der Waals surface area (Å²) in [5.74, 6) is -0.913. The molecule has 2 aromatic carbocycles. The predicted molar refractivity (Wildman–Crippen MR) is 123 cm³/mol. The minimum atomic E-state index is -3.87. The van der Waals surface area contributed by atoms with Gasteiger partial charge in [0.25, 0.3) is 0 Å². The van der Waals surface area contributed by atoms with Crippen LogP contribution in [0.2, 0.25) is 0 Å². The number of anilines is 1. The van der Waals surface area contributed by atoms with Crippen molar-refractivity contribution in [3.63, 3.8) is 0 Å². The SMILES string of the molecule is Cn1cnc2ccc(Oc3c(F)ccc(NS(=O)(=O)N4CC5(CCC5)C4)c3C#N)cc2c1=S. The number of hydrogen-bond acceptors (Lipinski definition) is 6. The van der Waals surface area contributed by atoms with Crippen LogP contribution in [0.3, 0.4) is 0 Å². The smallest absolute Gasteiger partial charge is 0.301 e. The van der Waals surface area contributed by atoms with E-state index in [4.69, 9.17) is 17.0 Å². The number of aryl methyl sites for hydroxylation is 1. The van der Waals surface area contributed by atoms with Crippen molar-refractivity contribution in [3.8, 4) is 17.6 Å². The molecule has 0 amide bonds. The van der Waals surface area contributed by atoms with E-state index in [1.54, 1.807) is 36.1 Å². The quantitative estimate of drug-likeness (QED) is 0.543. The van der Waals surface area contributed by atoms with Crippen LogP contribution >= 0.6 is 12.2 Å². The highest BCUT2D eigenvalue weighted by Crippen LogP contribution is 2.49. The first-order chi connectivity index (χ1) is 15.7. The van der Waals surface area contributed by atoms with E-state index in [0.717, 1.165) is 25.3 Å². The zero-order chi connectivity index (χ0) is 23.4. The summed E-state index contributed by atoms with van der Waals surface area (Å²) in [5, 5.41) is 10.3. The van der Waals surface area contributed by atoms with Crippen LogP contribution in [-0.4, -0.2) is 35.4 Å². The Morgan fingerprint density at radius 1 is 1.27 bits per heavy atom. The van der Waals surface area contributed by atoms with Gasteiger partial charge in [-0.15, -0.1) is 0 Å². The van der Waals surface area contributed by atoms with E-state index in [0.29, 0.717) is 28.6 Å². The molecular weight excluding hydrogens is 465 g/mol. The molecule has 1 aliphatic heterocycles. The lowest BCUT2D eigenvalue weighted by molar-refractivity contribution is -0.00752. The molecule has 8 nitrogen and oxygen atoms in total. The molecule has 0 unspecified atom stereocenters. The van der Waals surface area contributed by atoms with Crippen molar-refractivity contribution in [1.29, 1.82) is 5.26 Å². The second kappa shape index (κ2) is 7.76. The van der Waals surface area contributed by atoms with Gasteiger partial charge in [-0.2, -0.15) is 18.0 Å². The normalized spacial score (nSPS) is 17.2. The number of nitrogens with zero attached hydrogens (tertiary/aromatic N) is 4. The van der Waals surface area contributed by atoms with E-state index in [2.05, 4.69) is 9.71 Å². The molecule has 1 N–H and O–H groups in total. The summed E-state index contributed by atoms with van der Waals surface area (Å²) in [6.45, 7) is 0.918. The monoisotopic (exact) mass is 485 g/mol. The minimum Gasteiger partial charge on any atom is -0.453 e. The average Bonchev–Trinajstić information content (AvgIpc) is 2.71. The van der Waals surface area contributed by atoms with Crippen molar-refractivity contribution in [2.75, 3.05) is 17.8 Å². The molecule has 1 saturated heterocycles. The van der Waals surface area contributed by atoms with E-state index in [1.807, 2.05) is 6.07 Å². The lowest BCUT2D eigenvalue weighted by Crippen LogP contribution is -2.62. The minimum absolute atomic E-state index is 0.0405. The zero-order valence-corrected chi connectivity index (χ0v) is 19.3. The largest absolute Gasteiger partial charge is 0.453 e. The highest BCUT2D eigenvalue weighted by atomic mass is 32.2. The number of halogens is 1. The molecule has 1 aliphatic carbocycles. The maximum absolute atomic E-state index is 14.7. The summed E-state index contributed by atoms with van der Waals surface area (Å²) in [5.41, 5.74) is 0.468. The molecule has 3 aromatic rings. The molecule has 0 radical (unpaired) electrons. The van der Waals surface area contributed by atoms with Crippen LogP contribution in [0.5, 0.6) is 11.5 Å². The number of nitriles is 1. The third kappa shape index (κ3) is 3.74. The van der Waals surface area contributed by atoms with E-state index < -0.39 is 16.0 Å². The molecule has 0 atom stereocenters. The van der Waals surface area contributed by atoms with Gasteiger partial charge in [0.15, 0.2) is 11.6 Å². The standard InChI is InChI=1S/C22H20FN5O3S2/c1-27-13-25-18-5-3-14(9-15(18)21(27)32)31-20-16(10-24)19(6-4-17(20)23)26-33(29,30)28-11-22(12-28)7-2-8-22/h3-6,9,13,26H,2,7-8,11-12H2,1H3. The molecule has 5 rings (SSSR count). The van der Waals surface area contributed by atoms with Crippen LogP contribution in [0.15, 0.2) is 36.7 Å². The van der Waals surface area contributed by atoms with Crippen LogP contribution in [0.25, 0.3) is 10.9 Å². The van der Waals surface area contributed by atoms with E-state index in [1.165, 1.54) is 10.4 Å². The van der Waals surface area contributed by atoms with Gasteiger partial charge < -0.3 is 9.30 Å². The summed E-state index contributed by atoms with van der Waals surface area (Å²) in [6.07, 6.45) is 4.78. The lowest BCUT2D eigenvalue weighted by atomic mass is 9.65. The molecule has 11 heteroatoms. The van der Waals surface area contributed by atoms with Gasteiger partial charge in [0.05, 0.1) is 17.5 Å². The second-order valence-electron chi connectivity index (χ2n) is 8.58. The van der Waals surface area contributed by atoms with Crippen LogP contribution in [-0.2, 0) is 17.3 Å². The Bertz CT molecular complexity index is 1480. The Hall–Kier alpha value is -3.07. The summed E-state index contributed by atoms with van der Waals surface area (Å²) < 4.78 is 52.0. The van der Waals surface area contributed by atoms with Crippen LogP contribution in [0, 0.1) is 27.2 Å². The van der Waals surface area contributed by atoms with Crippen molar-refractivity contribution in [3.05, 3.63) is 52.7 Å². The average molecular weight is 486 g/mol. The Kier molecular flexibility index (Phi) is 5.12. The molecular formula is C22H20FN5O3S2. The van der Waals surface area contributed by atoms with Gasteiger partial charge in [0.1, 0.15) is 22.0 Å². The number of fused-ring (bicyclic) bond motifs is 1. The Balaban J connectivity index is 1.46. The molecule has 1 spiro atoms. The van der Waals surface area contributed by atoms with Crippen molar-refractivity contribution < 1.29 is 17.5 Å². The zero-order valence-electron chi connectivity index (χ0n) is 17.7. The van der Waals surface area contributed by atoms with Crippen LogP contribution in [0.4, 0.5) is 10.1 Å². The fourth-order valence-corrected chi connectivity index (χ4v) is 5.97. The highest BCUT2D eigenvalue weighted by molar-refractivity contribution is 7.90. The van der Waals surface area contributed by atoms with Crippen molar-refractivity contribution in [2.45, 2.75) is 19.3 Å². The van der Waals surface area contributed by atoms with Gasteiger partial charge in [-0.25, -0.2) is 9.37 Å². The Morgan fingerprint density at radius 3 is 2.70 bits per heavy atom. The second-order valence-corrected chi connectivity index (χ2v) is 10.6. The molecule has 170 valence electrons. The number of rotatable bonds is 5. The summed E-state index contributed by atoms with van der Waals surface area (Å²) in [4.78, 5) is 4.28. The third-order valence-corrected chi connectivity index (χ3v) is 8.27. The first-order valence-corrected chi connectivity index (χ1v) is 12.2. The Labute approximate surface area is 195 Å². The summed E-state index contributed by atoms with van der Waals surface area (Å²) >= 11 is 5.40. The van der Waals surface area contributed by atoms with Gasteiger partial charge in [-0.3, -0.25) is 4.72 Å². The van der Waals surface area contributed by atoms with Gasteiger partial charge in [-0.05, 0) is 48.6 Å². The van der Waals surface area contributed by atoms with Gasteiger partial charge in [-0.1, -0.05) is 18.6 Å². The molecule has 2 aliphatic rings. The number of benzene rings is 2. The molecule has 33 heavy (non-hydrogen) atoms. The highest BCUT2D eigenvalue weighted by Gasteiger charge is 2.51. The van der Waals surface area contributed by atoms with Crippen molar-refractivity contribution >= 4 is 39.0 Å². The number of ether oxygens (including phenoxy) is 1. The van der Waals surface area contributed by atoms with Crippen molar-refractivity contribution in [1.82, 2.24) is 13.9 Å². The third-order valence-electron chi connectivity index (χ3n) is 6.35. The van der Waals surface area contributed by atoms with Crippen molar-refractivity contribution in [2.24, 2.45) is 12.5 Å². The summed E-state index contributed by atoms with van der Waals surface area (Å²) in [7, 11) is -2.11. The lowest BCUT2D eigenvalue weighted by Gasteiger charge is -2.54. The summed E-state index contributed by atoms with van der Waals surface area (Å²) in [6, 6.07) is 9.04. The van der Waals surface area contributed by atoms with Crippen LogP contribution in [0.1, 0.15) is 24.8 Å². The van der Waals surface area contributed by atoms with Gasteiger partial charge >= 0.3 is 10.2 Å². The predicted octanol–water partition coefficient (Wildman–Crippen LogP) is 4.25. The number of aromatic nitrogens is 2. The van der Waals surface area contributed by atoms with E-state index >= 15 is 0 Å². The number of nitrogens with one attached hydrogen (secondary N) is 1. The Morgan fingerprint density at radius 2 is 2.03 bits per heavy atom. The van der Waals surface area contributed by atoms with Crippen LogP contribution < -0.4 is 9.46 Å². The molecule has 2 heterocycles. The number of hydrogen-bond donors (Lipinski definition) is 1. The molecule has 2 fully saturated rings. The van der Waals surface area contributed by atoms with Gasteiger partial charge in [0, 0.05) is 25.5 Å². The maximum atomic E-state index is 14.7. The first kappa shape index (κ1) is 21.8. The maximum Gasteiger partial charge on any atom is 0.301 e. The first-order valence-electron chi connectivity index (χ1n) is 10.4. The van der Waals surface area contributed by atoms with E-state index in [9.17, 15) is 18.1 Å². The fraction of sp³-hybridized carbons (Fsp3) is 0.318. The molecule has 1 aromatic heterocycles. The molecule has 1 saturated carbocycles. The topological polar surface area (TPSA) is 100 Å². The van der Waals surface area contributed by atoms with E-state index in [-0.39, 0.29) is 28.2 Å². The fourth-order valence-electron chi connectivity index (χ4n) is 4.29.